The summed E-state index contributed by atoms with van der Waals surface area (Å²) in [5.41, 5.74) is 1.99. The molecule has 6 nitrogen and oxygen atoms in total. The van der Waals surface area contributed by atoms with Gasteiger partial charge in [-0.2, -0.15) is 5.10 Å². The maximum absolute atomic E-state index is 11.7. The third kappa shape index (κ3) is 3.15. The predicted octanol–water partition coefficient (Wildman–Crippen LogP) is 0.525. The van der Waals surface area contributed by atoms with Crippen LogP contribution in [0.2, 0.25) is 0 Å². The highest BCUT2D eigenvalue weighted by Gasteiger charge is 2.24. The summed E-state index contributed by atoms with van der Waals surface area (Å²) in [6.07, 6.45) is 3.15. The average Bonchev–Trinajstić information content (AvgIpc) is 2.88. The highest BCUT2D eigenvalue weighted by atomic mass is 35.5. The van der Waals surface area contributed by atoms with E-state index in [1.807, 2.05) is 24.3 Å². The van der Waals surface area contributed by atoms with Crippen LogP contribution in [0.1, 0.15) is 5.56 Å². The second-order valence-corrected chi connectivity index (χ2v) is 4.58. The van der Waals surface area contributed by atoms with E-state index in [9.17, 15) is 4.79 Å². The van der Waals surface area contributed by atoms with Gasteiger partial charge in [0, 0.05) is 19.6 Å². The topological polar surface area (TPSA) is 71.8 Å². The normalized spacial score (nSPS) is 14.2. The van der Waals surface area contributed by atoms with Crippen LogP contribution in [-0.4, -0.2) is 33.8 Å². The quantitative estimate of drug-likeness (QED) is 0.862. The number of carbonyl (C=O) groups is 1. The van der Waals surface area contributed by atoms with Crippen molar-refractivity contribution in [1.82, 2.24) is 25.4 Å². The molecule has 3 rings (SSSR count). The van der Waals surface area contributed by atoms with Gasteiger partial charge in [0.25, 0.3) is 0 Å². The fourth-order valence-electron chi connectivity index (χ4n) is 1.96. The van der Waals surface area contributed by atoms with Gasteiger partial charge in [-0.25, -0.2) is 9.67 Å². The third-order valence-electron chi connectivity index (χ3n) is 3.21. The lowest BCUT2D eigenvalue weighted by atomic mass is 10.0. The van der Waals surface area contributed by atoms with Crippen LogP contribution in [0.4, 0.5) is 0 Å². The molecule has 0 radical (unpaired) electrons. The third-order valence-corrected chi connectivity index (χ3v) is 3.21. The molecule has 1 amide bonds. The van der Waals surface area contributed by atoms with Crippen molar-refractivity contribution in [3.8, 4) is 5.69 Å². The lowest BCUT2D eigenvalue weighted by Crippen LogP contribution is -2.50. The Morgan fingerprint density at radius 1 is 1.45 bits per heavy atom. The molecule has 2 N–H and O–H groups in total. The van der Waals surface area contributed by atoms with E-state index in [0.29, 0.717) is 6.54 Å². The van der Waals surface area contributed by atoms with Crippen LogP contribution < -0.4 is 10.6 Å². The molecule has 2 aromatic rings. The first-order valence-electron chi connectivity index (χ1n) is 6.25. The number of carbonyl (C=O) groups excluding carboxylic acids is 1. The molecule has 0 bridgehead atoms. The van der Waals surface area contributed by atoms with E-state index in [1.165, 1.54) is 6.33 Å². The van der Waals surface area contributed by atoms with Gasteiger partial charge in [0.1, 0.15) is 12.7 Å². The van der Waals surface area contributed by atoms with Gasteiger partial charge in [-0.15, -0.1) is 12.4 Å². The van der Waals surface area contributed by atoms with Gasteiger partial charge >= 0.3 is 0 Å². The van der Waals surface area contributed by atoms with Crippen molar-refractivity contribution >= 4 is 18.3 Å². The molecule has 0 saturated carbocycles. The molecule has 20 heavy (non-hydrogen) atoms. The van der Waals surface area contributed by atoms with Crippen LogP contribution in [0.5, 0.6) is 0 Å². The van der Waals surface area contributed by atoms with Crippen molar-refractivity contribution in [3.05, 3.63) is 42.5 Å². The molecule has 1 aliphatic rings. The van der Waals surface area contributed by atoms with Crippen LogP contribution in [0, 0.1) is 5.92 Å². The zero-order valence-corrected chi connectivity index (χ0v) is 11.6. The number of benzene rings is 1. The van der Waals surface area contributed by atoms with Gasteiger partial charge in [-0.1, -0.05) is 12.1 Å². The summed E-state index contributed by atoms with van der Waals surface area (Å²) < 4.78 is 1.70. The molecule has 0 spiro atoms. The Hall–Kier alpha value is -1.92. The molecule has 106 valence electrons. The molecule has 0 aliphatic carbocycles. The molecule has 0 atom stereocenters. The monoisotopic (exact) mass is 293 g/mol. The Morgan fingerprint density at radius 2 is 2.30 bits per heavy atom. The highest BCUT2D eigenvalue weighted by molar-refractivity contribution is 5.85. The zero-order chi connectivity index (χ0) is 13.1. The van der Waals surface area contributed by atoms with Crippen molar-refractivity contribution < 1.29 is 4.79 Å². The number of aromatic nitrogens is 3. The fraction of sp³-hybridized carbons (Fsp3) is 0.308. The Bertz CT molecular complexity index is 568. The smallest absolute Gasteiger partial charge is 0.225 e. The van der Waals surface area contributed by atoms with E-state index in [2.05, 4.69) is 20.7 Å². The van der Waals surface area contributed by atoms with E-state index in [0.717, 1.165) is 24.3 Å². The lowest BCUT2D eigenvalue weighted by Gasteiger charge is -2.25. The maximum atomic E-state index is 11.7. The van der Waals surface area contributed by atoms with E-state index in [-0.39, 0.29) is 24.2 Å². The van der Waals surface area contributed by atoms with Crippen molar-refractivity contribution in [2.75, 3.05) is 13.1 Å². The van der Waals surface area contributed by atoms with E-state index in [1.54, 1.807) is 11.0 Å². The zero-order valence-electron chi connectivity index (χ0n) is 10.8. The minimum Gasteiger partial charge on any atom is -0.352 e. The summed E-state index contributed by atoms with van der Waals surface area (Å²) in [4.78, 5) is 15.7. The number of hydrogen-bond acceptors (Lipinski definition) is 4. The van der Waals surface area contributed by atoms with Gasteiger partial charge < -0.3 is 10.6 Å². The molecule has 1 aromatic heterocycles. The second-order valence-electron chi connectivity index (χ2n) is 4.58. The number of hydrogen-bond donors (Lipinski definition) is 2. The molecule has 1 fully saturated rings. The minimum atomic E-state index is 0. The molecule has 7 heteroatoms. The number of nitrogens with one attached hydrogen (secondary N) is 2. The molecule has 1 aliphatic heterocycles. The summed E-state index contributed by atoms with van der Waals surface area (Å²) >= 11 is 0. The molecule has 1 saturated heterocycles. The van der Waals surface area contributed by atoms with Gasteiger partial charge in [-0.05, 0) is 17.7 Å². The summed E-state index contributed by atoms with van der Waals surface area (Å²) in [6.45, 7) is 2.10. The highest BCUT2D eigenvalue weighted by Crippen LogP contribution is 2.09. The Balaban J connectivity index is 0.00000147. The van der Waals surface area contributed by atoms with Gasteiger partial charge in [0.15, 0.2) is 0 Å². The molecule has 1 aromatic carbocycles. The Labute approximate surface area is 123 Å². The first kappa shape index (κ1) is 14.5. The van der Waals surface area contributed by atoms with Crippen molar-refractivity contribution in [2.45, 2.75) is 6.54 Å². The summed E-state index contributed by atoms with van der Waals surface area (Å²) in [5.74, 6) is 0.239. The summed E-state index contributed by atoms with van der Waals surface area (Å²) in [7, 11) is 0. The molecule has 0 unspecified atom stereocenters. The van der Waals surface area contributed by atoms with Crippen LogP contribution in [0.25, 0.3) is 5.69 Å². The van der Waals surface area contributed by atoms with Crippen LogP contribution in [0.3, 0.4) is 0 Å². The van der Waals surface area contributed by atoms with Gasteiger partial charge in [0.05, 0.1) is 11.6 Å². The van der Waals surface area contributed by atoms with Gasteiger partial charge in [-0.3, -0.25) is 4.79 Å². The SMILES string of the molecule is Cl.O=C(NCc1cccc(-n2cncn2)c1)C1CNC1. The number of halogens is 1. The van der Waals surface area contributed by atoms with E-state index >= 15 is 0 Å². The van der Waals surface area contributed by atoms with Crippen LogP contribution >= 0.6 is 12.4 Å². The predicted molar refractivity (Wildman–Crippen MR) is 76.8 cm³/mol. The number of rotatable bonds is 4. The average molecular weight is 294 g/mol. The Kier molecular flexibility index (Phi) is 4.70. The Morgan fingerprint density at radius 3 is 2.95 bits per heavy atom. The standard InChI is InChI=1S/C13H15N5O.ClH/c19-13(11-6-14-7-11)16-5-10-2-1-3-12(4-10)18-9-15-8-17-18;/h1-4,8-9,11,14H,5-7H2,(H,16,19);1H. The maximum Gasteiger partial charge on any atom is 0.225 e. The second kappa shape index (κ2) is 6.49. The largest absolute Gasteiger partial charge is 0.352 e. The number of nitrogens with zero attached hydrogens (tertiary/aromatic N) is 3. The summed E-state index contributed by atoms with van der Waals surface area (Å²) in [5, 5.41) is 10.1. The van der Waals surface area contributed by atoms with Crippen molar-refractivity contribution in [2.24, 2.45) is 5.92 Å². The van der Waals surface area contributed by atoms with E-state index < -0.39 is 0 Å². The minimum absolute atomic E-state index is 0. The van der Waals surface area contributed by atoms with Crippen molar-refractivity contribution in [3.63, 3.8) is 0 Å². The van der Waals surface area contributed by atoms with Gasteiger partial charge in [0.2, 0.25) is 5.91 Å². The van der Waals surface area contributed by atoms with Crippen molar-refractivity contribution in [1.29, 1.82) is 0 Å². The molecular formula is C13H16ClN5O. The molecule has 2 heterocycles. The van der Waals surface area contributed by atoms with Crippen LogP contribution in [-0.2, 0) is 11.3 Å². The lowest BCUT2D eigenvalue weighted by molar-refractivity contribution is -0.126. The van der Waals surface area contributed by atoms with E-state index in [4.69, 9.17) is 0 Å². The fourth-order valence-corrected chi connectivity index (χ4v) is 1.96. The van der Waals surface area contributed by atoms with Crippen LogP contribution in [0.15, 0.2) is 36.9 Å². The number of amides is 1. The first-order chi connectivity index (χ1) is 9.33. The summed E-state index contributed by atoms with van der Waals surface area (Å²) in [6, 6.07) is 7.88. The first-order valence-corrected chi connectivity index (χ1v) is 6.25. The molecular weight excluding hydrogens is 278 g/mol.